The minimum atomic E-state index is -0.0905. The number of ketones is 1. The van der Waals surface area contributed by atoms with E-state index in [1.165, 1.54) is 6.08 Å². The van der Waals surface area contributed by atoms with Crippen molar-refractivity contribution in [1.29, 1.82) is 0 Å². The van der Waals surface area contributed by atoms with Crippen molar-refractivity contribution in [2.75, 3.05) is 19.0 Å². The Balaban J connectivity index is 1.90. The van der Waals surface area contributed by atoms with E-state index in [9.17, 15) is 4.79 Å². The second kappa shape index (κ2) is 9.74. The zero-order chi connectivity index (χ0) is 18.1. The van der Waals surface area contributed by atoms with Crippen molar-refractivity contribution in [2.24, 2.45) is 0 Å². The summed E-state index contributed by atoms with van der Waals surface area (Å²) < 4.78 is 10.7. The number of nitrogens with one attached hydrogen (secondary N) is 1. The Bertz CT molecular complexity index is 726. The van der Waals surface area contributed by atoms with E-state index in [0.717, 1.165) is 24.3 Å². The van der Waals surface area contributed by atoms with E-state index in [-0.39, 0.29) is 5.78 Å². The third-order valence-corrected chi connectivity index (χ3v) is 3.84. The monoisotopic (exact) mass is 359 g/mol. The molecule has 0 aliphatic carbocycles. The number of carbonyl (C=O) groups is 1. The molecule has 2 rings (SSSR count). The van der Waals surface area contributed by atoms with Gasteiger partial charge in [-0.25, -0.2) is 0 Å². The lowest BCUT2D eigenvalue weighted by Gasteiger charge is -2.06. The minimum Gasteiger partial charge on any atom is -0.495 e. The van der Waals surface area contributed by atoms with E-state index in [1.807, 2.05) is 18.2 Å². The lowest BCUT2D eigenvalue weighted by Crippen LogP contribution is -1.99. The van der Waals surface area contributed by atoms with Gasteiger partial charge in [0, 0.05) is 23.5 Å². The maximum Gasteiger partial charge on any atom is 0.187 e. The number of methoxy groups -OCH3 is 1. The standard InChI is InChI=1S/C20H22ClNO3/c1-3-4-13-25-17-8-5-15(6-9-17)19(23)11-12-22-16-7-10-20(24-2)18(21)14-16/h5-12,14,22H,3-4,13H2,1-2H3/b12-11+. The van der Waals surface area contributed by atoms with Crippen LogP contribution in [-0.4, -0.2) is 19.5 Å². The van der Waals surface area contributed by atoms with E-state index in [1.54, 1.807) is 37.6 Å². The molecule has 0 saturated heterocycles. The molecule has 5 heteroatoms. The van der Waals surface area contributed by atoms with Crippen molar-refractivity contribution in [3.05, 3.63) is 65.3 Å². The first-order valence-electron chi connectivity index (χ1n) is 8.18. The second-order valence-electron chi connectivity index (χ2n) is 5.42. The largest absolute Gasteiger partial charge is 0.495 e. The highest BCUT2D eigenvalue weighted by molar-refractivity contribution is 6.32. The van der Waals surface area contributed by atoms with Crippen molar-refractivity contribution in [1.82, 2.24) is 0 Å². The molecule has 25 heavy (non-hydrogen) atoms. The number of anilines is 1. The molecule has 0 aliphatic heterocycles. The summed E-state index contributed by atoms with van der Waals surface area (Å²) >= 11 is 6.06. The molecule has 0 aromatic heterocycles. The molecule has 0 atom stereocenters. The van der Waals surface area contributed by atoms with E-state index in [0.29, 0.717) is 22.9 Å². The molecule has 1 N–H and O–H groups in total. The van der Waals surface area contributed by atoms with Gasteiger partial charge in [0.1, 0.15) is 11.5 Å². The first-order valence-corrected chi connectivity index (χ1v) is 8.55. The normalized spacial score (nSPS) is 10.7. The number of benzene rings is 2. The molecule has 0 spiro atoms. The van der Waals surface area contributed by atoms with Crippen LogP contribution in [0.1, 0.15) is 30.1 Å². The van der Waals surface area contributed by atoms with E-state index < -0.39 is 0 Å². The fourth-order valence-electron chi connectivity index (χ4n) is 2.12. The van der Waals surface area contributed by atoms with Gasteiger partial charge in [-0.2, -0.15) is 0 Å². The van der Waals surface area contributed by atoms with Gasteiger partial charge in [0.25, 0.3) is 0 Å². The van der Waals surface area contributed by atoms with Crippen molar-refractivity contribution in [3.8, 4) is 11.5 Å². The first kappa shape index (κ1) is 18.9. The maximum absolute atomic E-state index is 12.2. The Hall–Kier alpha value is -2.46. The molecular weight excluding hydrogens is 338 g/mol. The zero-order valence-corrected chi connectivity index (χ0v) is 15.2. The van der Waals surface area contributed by atoms with Gasteiger partial charge >= 0.3 is 0 Å². The van der Waals surface area contributed by atoms with Crippen LogP contribution >= 0.6 is 11.6 Å². The van der Waals surface area contributed by atoms with Crippen LogP contribution in [0.2, 0.25) is 5.02 Å². The topological polar surface area (TPSA) is 47.6 Å². The number of hydrogen-bond acceptors (Lipinski definition) is 4. The van der Waals surface area contributed by atoms with Gasteiger partial charge in [-0.05, 0) is 48.9 Å². The molecule has 0 saturated carbocycles. The summed E-state index contributed by atoms with van der Waals surface area (Å²) in [6, 6.07) is 12.5. The molecule has 4 nitrogen and oxygen atoms in total. The lowest BCUT2D eigenvalue weighted by atomic mass is 10.1. The van der Waals surface area contributed by atoms with E-state index in [4.69, 9.17) is 21.1 Å². The Morgan fingerprint density at radius 2 is 1.96 bits per heavy atom. The Labute approximate surface area is 153 Å². The number of hydrogen-bond donors (Lipinski definition) is 1. The fourth-order valence-corrected chi connectivity index (χ4v) is 2.37. The molecule has 132 valence electrons. The smallest absolute Gasteiger partial charge is 0.187 e. The highest BCUT2D eigenvalue weighted by Crippen LogP contribution is 2.27. The number of rotatable bonds is 9. The quantitative estimate of drug-likeness (QED) is 0.373. The van der Waals surface area contributed by atoms with Crippen LogP contribution in [0.4, 0.5) is 5.69 Å². The van der Waals surface area contributed by atoms with Crippen LogP contribution in [0.15, 0.2) is 54.7 Å². The van der Waals surface area contributed by atoms with Gasteiger partial charge in [-0.1, -0.05) is 24.9 Å². The summed E-state index contributed by atoms with van der Waals surface area (Å²) in [5.74, 6) is 1.29. The van der Waals surface area contributed by atoms with Crippen LogP contribution < -0.4 is 14.8 Å². The predicted octanol–water partition coefficient (Wildman–Crippen LogP) is 5.34. The molecule has 0 aliphatic rings. The molecule has 0 bridgehead atoms. The predicted molar refractivity (Wildman–Crippen MR) is 102 cm³/mol. The summed E-state index contributed by atoms with van der Waals surface area (Å²) in [4.78, 5) is 12.2. The van der Waals surface area contributed by atoms with Crippen molar-refractivity contribution in [3.63, 3.8) is 0 Å². The maximum atomic E-state index is 12.2. The van der Waals surface area contributed by atoms with Crippen LogP contribution in [0.3, 0.4) is 0 Å². The molecule has 2 aromatic carbocycles. The van der Waals surface area contributed by atoms with Crippen LogP contribution in [0.25, 0.3) is 0 Å². The van der Waals surface area contributed by atoms with E-state index in [2.05, 4.69) is 12.2 Å². The summed E-state index contributed by atoms with van der Waals surface area (Å²) in [6.07, 6.45) is 5.18. The molecule has 0 amide bonds. The average Bonchev–Trinajstić information content (AvgIpc) is 2.62. The SMILES string of the molecule is CCCCOc1ccc(C(=O)/C=C/Nc2ccc(OC)c(Cl)c2)cc1. The second-order valence-corrected chi connectivity index (χ2v) is 5.82. The number of halogens is 1. The summed E-state index contributed by atoms with van der Waals surface area (Å²) in [5.41, 5.74) is 1.38. The Morgan fingerprint density at radius 1 is 1.20 bits per heavy atom. The molecule has 0 unspecified atom stereocenters. The summed E-state index contributed by atoms with van der Waals surface area (Å²) in [6.45, 7) is 2.81. The minimum absolute atomic E-state index is 0.0905. The van der Waals surface area contributed by atoms with Crippen molar-refractivity contribution in [2.45, 2.75) is 19.8 Å². The van der Waals surface area contributed by atoms with Crippen molar-refractivity contribution >= 4 is 23.1 Å². The summed E-state index contributed by atoms with van der Waals surface area (Å²) in [7, 11) is 1.56. The fraction of sp³-hybridized carbons (Fsp3) is 0.250. The third-order valence-electron chi connectivity index (χ3n) is 3.54. The summed E-state index contributed by atoms with van der Waals surface area (Å²) in [5, 5.41) is 3.52. The van der Waals surface area contributed by atoms with Crippen LogP contribution in [0.5, 0.6) is 11.5 Å². The average molecular weight is 360 g/mol. The van der Waals surface area contributed by atoms with Gasteiger partial charge in [0.15, 0.2) is 5.78 Å². The van der Waals surface area contributed by atoms with Gasteiger partial charge < -0.3 is 14.8 Å². The zero-order valence-electron chi connectivity index (χ0n) is 14.4. The lowest BCUT2D eigenvalue weighted by molar-refractivity contribution is 0.104. The van der Waals surface area contributed by atoms with Crippen LogP contribution in [0, 0.1) is 0 Å². The number of carbonyl (C=O) groups excluding carboxylic acids is 1. The van der Waals surface area contributed by atoms with Gasteiger partial charge in [-0.15, -0.1) is 0 Å². The Morgan fingerprint density at radius 3 is 2.60 bits per heavy atom. The highest BCUT2D eigenvalue weighted by atomic mass is 35.5. The van der Waals surface area contributed by atoms with E-state index >= 15 is 0 Å². The van der Waals surface area contributed by atoms with Crippen LogP contribution in [-0.2, 0) is 0 Å². The first-order chi connectivity index (χ1) is 12.1. The van der Waals surface area contributed by atoms with Gasteiger partial charge in [0.05, 0.1) is 18.7 Å². The van der Waals surface area contributed by atoms with Gasteiger partial charge in [-0.3, -0.25) is 4.79 Å². The van der Waals surface area contributed by atoms with Gasteiger partial charge in [0.2, 0.25) is 0 Å². The molecule has 0 radical (unpaired) electrons. The number of allylic oxidation sites excluding steroid dienone is 1. The molecule has 2 aromatic rings. The number of ether oxygens (including phenoxy) is 2. The number of unbranched alkanes of at least 4 members (excludes halogenated alkanes) is 1. The molecular formula is C20H22ClNO3. The third kappa shape index (κ3) is 5.84. The molecule has 0 fully saturated rings. The van der Waals surface area contributed by atoms with Crippen molar-refractivity contribution < 1.29 is 14.3 Å². The Kier molecular flexibility index (Phi) is 7.36. The highest BCUT2D eigenvalue weighted by Gasteiger charge is 2.03. The molecule has 0 heterocycles.